The Morgan fingerprint density at radius 3 is 2.56 bits per heavy atom. The third kappa shape index (κ3) is 2.67. The number of benzene rings is 1. The normalized spacial score (nSPS) is 24.6. The van der Waals surface area contributed by atoms with Crippen molar-refractivity contribution < 1.29 is 4.74 Å². The quantitative estimate of drug-likeness (QED) is 0.794. The summed E-state index contributed by atoms with van der Waals surface area (Å²) in [5.41, 5.74) is 7.67. The Kier molecular flexibility index (Phi) is 3.34. The van der Waals surface area contributed by atoms with Gasteiger partial charge >= 0.3 is 0 Å². The highest BCUT2D eigenvalue weighted by molar-refractivity contribution is 5.52. The lowest BCUT2D eigenvalue weighted by Crippen LogP contribution is -2.28. The van der Waals surface area contributed by atoms with Gasteiger partial charge in [0.1, 0.15) is 0 Å². The van der Waals surface area contributed by atoms with Gasteiger partial charge in [-0.2, -0.15) is 0 Å². The second kappa shape index (κ2) is 4.74. The molecule has 1 aromatic carbocycles. The molecule has 0 aromatic heterocycles. The van der Waals surface area contributed by atoms with E-state index in [1.165, 1.54) is 18.5 Å². The first-order valence-electron chi connectivity index (χ1n) is 5.87. The van der Waals surface area contributed by atoms with Crippen LogP contribution >= 0.6 is 0 Å². The molecule has 1 saturated heterocycles. The molecule has 0 bridgehead atoms. The second-order valence-corrected chi connectivity index (χ2v) is 4.62. The third-order valence-corrected chi connectivity index (χ3v) is 3.13. The molecule has 0 radical (unpaired) electrons. The van der Waals surface area contributed by atoms with Gasteiger partial charge in [-0.25, -0.2) is 0 Å². The van der Waals surface area contributed by atoms with Crippen LogP contribution in [0.5, 0.6) is 0 Å². The summed E-state index contributed by atoms with van der Waals surface area (Å²) in [6, 6.07) is 7.97. The van der Waals surface area contributed by atoms with Gasteiger partial charge in [0, 0.05) is 25.0 Å². The van der Waals surface area contributed by atoms with Gasteiger partial charge in [0.15, 0.2) is 0 Å². The van der Waals surface area contributed by atoms with E-state index in [9.17, 15) is 0 Å². The predicted octanol–water partition coefficient (Wildman–Crippen LogP) is 2.27. The van der Waals surface area contributed by atoms with Gasteiger partial charge < -0.3 is 15.4 Å². The maximum Gasteiger partial charge on any atom is 0.0754 e. The van der Waals surface area contributed by atoms with Gasteiger partial charge in [0.05, 0.1) is 12.2 Å². The van der Waals surface area contributed by atoms with Gasteiger partial charge in [-0.3, -0.25) is 0 Å². The van der Waals surface area contributed by atoms with E-state index in [4.69, 9.17) is 10.5 Å². The second-order valence-electron chi connectivity index (χ2n) is 4.62. The van der Waals surface area contributed by atoms with Crippen LogP contribution < -0.4 is 10.6 Å². The molecule has 0 spiro atoms. The number of nitrogens with zero attached hydrogens (tertiary/aromatic N) is 1. The summed E-state index contributed by atoms with van der Waals surface area (Å²) in [7, 11) is 2.10. The molecule has 1 aromatic rings. The molecule has 2 N–H and O–H groups in total. The topological polar surface area (TPSA) is 38.5 Å². The van der Waals surface area contributed by atoms with Crippen molar-refractivity contribution in [3.05, 3.63) is 24.3 Å². The minimum atomic E-state index is 0.373. The zero-order valence-electron chi connectivity index (χ0n) is 10.0. The van der Waals surface area contributed by atoms with Crippen molar-refractivity contribution in [3.63, 3.8) is 0 Å². The van der Waals surface area contributed by atoms with Crippen LogP contribution in [-0.4, -0.2) is 25.8 Å². The zero-order chi connectivity index (χ0) is 11.5. The number of anilines is 2. The lowest BCUT2D eigenvalue weighted by atomic mass is 10.2. The molecule has 88 valence electrons. The van der Waals surface area contributed by atoms with E-state index in [0.29, 0.717) is 12.2 Å². The van der Waals surface area contributed by atoms with Crippen molar-refractivity contribution in [2.75, 3.05) is 24.2 Å². The molecule has 1 heterocycles. The van der Waals surface area contributed by atoms with E-state index in [-0.39, 0.29) is 0 Å². The van der Waals surface area contributed by atoms with Crippen LogP contribution in [-0.2, 0) is 4.74 Å². The molecule has 3 nitrogen and oxygen atoms in total. The maximum atomic E-state index is 5.81. The SMILES string of the molecule is CC1CCC(CN(C)c2ccc(N)cc2)O1. The van der Waals surface area contributed by atoms with Crippen LogP contribution in [0.2, 0.25) is 0 Å². The van der Waals surface area contributed by atoms with Crippen molar-refractivity contribution in [2.24, 2.45) is 0 Å². The Balaban J connectivity index is 1.92. The Labute approximate surface area is 97.2 Å². The lowest BCUT2D eigenvalue weighted by Gasteiger charge is -2.23. The third-order valence-electron chi connectivity index (χ3n) is 3.13. The first-order chi connectivity index (χ1) is 7.65. The van der Waals surface area contributed by atoms with Crippen LogP contribution in [0.1, 0.15) is 19.8 Å². The van der Waals surface area contributed by atoms with Crippen molar-refractivity contribution in [1.29, 1.82) is 0 Å². The zero-order valence-corrected chi connectivity index (χ0v) is 10.0. The molecule has 16 heavy (non-hydrogen) atoms. The van der Waals surface area contributed by atoms with Crippen molar-refractivity contribution in [2.45, 2.75) is 32.0 Å². The maximum absolute atomic E-state index is 5.81. The minimum absolute atomic E-state index is 0.373. The number of nitrogen functional groups attached to an aromatic ring is 1. The van der Waals surface area contributed by atoms with Crippen LogP contribution in [0, 0.1) is 0 Å². The highest BCUT2D eigenvalue weighted by atomic mass is 16.5. The molecule has 3 heteroatoms. The summed E-state index contributed by atoms with van der Waals surface area (Å²) < 4.78 is 5.81. The monoisotopic (exact) mass is 220 g/mol. The fourth-order valence-electron chi connectivity index (χ4n) is 2.16. The van der Waals surface area contributed by atoms with E-state index in [2.05, 4.69) is 18.9 Å². The average molecular weight is 220 g/mol. The average Bonchev–Trinajstić information content (AvgIpc) is 2.65. The molecule has 1 aliphatic rings. The molecule has 2 unspecified atom stereocenters. The number of hydrogen-bond donors (Lipinski definition) is 1. The first kappa shape index (κ1) is 11.3. The van der Waals surface area contributed by atoms with E-state index >= 15 is 0 Å². The highest BCUT2D eigenvalue weighted by Crippen LogP contribution is 2.22. The minimum Gasteiger partial charge on any atom is -0.399 e. The molecule has 2 rings (SSSR count). The Morgan fingerprint density at radius 2 is 2.00 bits per heavy atom. The van der Waals surface area contributed by atoms with Crippen LogP contribution in [0.3, 0.4) is 0 Å². The van der Waals surface area contributed by atoms with E-state index in [1.807, 2.05) is 24.3 Å². The number of nitrogens with two attached hydrogens (primary N) is 1. The molecular formula is C13H20N2O. The van der Waals surface area contributed by atoms with E-state index in [0.717, 1.165) is 12.2 Å². The highest BCUT2D eigenvalue weighted by Gasteiger charge is 2.22. The summed E-state index contributed by atoms with van der Waals surface area (Å²) in [4.78, 5) is 2.22. The van der Waals surface area contributed by atoms with Gasteiger partial charge in [0.2, 0.25) is 0 Å². The fourth-order valence-corrected chi connectivity index (χ4v) is 2.16. The molecule has 1 aliphatic heterocycles. The summed E-state index contributed by atoms with van der Waals surface area (Å²) >= 11 is 0. The number of likely N-dealkylation sites (N-methyl/N-ethyl adjacent to an activating group) is 1. The summed E-state index contributed by atoms with van der Waals surface area (Å²) in [6.45, 7) is 3.09. The standard InChI is InChI=1S/C13H20N2O/c1-10-3-8-13(16-10)9-15(2)12-6-4-11(14)5-7-12/h4-7,10,13H,3,8-9,14H2,1-2H3. The largest absolute Gasteiger partial charge is 0.399 e. The molecular weight excluding hydrogens is 200 g/mol. The van der Waals surface area contributed by atoms with Crippen LogP contribution in [0.15, 0.2) is 24.3 Å². The first-order valence-corrected chi connectivity index (χ1v) is 5.87. The van der Waals surface area contributed by atoms with E-state index < -0.39 is 0 Å². The van der Waals surface area contributed by atoms with Crippen LogP contribution in [0.25, 0.3) is 0 Å². The number of ether oxygens (including phenoxy) is 1. The van der Waals surface area contributed by atoms with Gasteiger partial charge in [-0.05, 0) is 44.0 Å². The summed E-state index contributed by atoms with van der Waals surface area (Å²) in [5.74, 6) is 0. The van der Waals surface area contributed by atoms with E-state index in [1.54, 1.807) is 0 Å². The molecule has 2 atom stereocenters. The molecule has 0 aliphatic carbocycles. The van der Waals surface area contributed by atoms with Gasteiger partial charge in [-0.1, -0.05) is 0 Å². The Morgan fingerprint density at radius 1 is 1.31 bits per heavy atom. The number of hydrogen-bond acceptors (Lipinski definition) is 3. The predicted molar refractivity (Wildman–Crippen MR) is 67.7 cm³/mol. The fraction of sp³-hybridized carbons (Fsp3) is 0.538. The van der Waals surface area contributed by atoms with Gasteiger partial charge in [0.25, 0.3) is 0 Å². The van der Waals surface area contributed by atoms with Crippen molar-refractivity contribution in [3.8, 4) is 0 Å². The smallest absolute Gasteiger partial charge is 0.0754 e. The lowest BCUT2D eigenvalue weighted by molar-refractivity contribution is 0.0606. The molecule has 0 amide bonds. The Bertz CT molecular complexity index is 336. The molecule has 0 saturated carbocycles. The molecule has 1 fully saturated rings. The van der Waals surface area contributed by atoms with Gasteiger partial charge in [-0.15, -0.1) is 0 Å². The van der Waals surface area contributed by atoms with Crippen LogP contribution in [0.4, 0.5) is 11.4 Å². The number of rotatable bonds is 3. The Hall–Kier alpha value is -1.22. The van der Waals surface area contributed by atoms with Crippen molar-refractivity contribution >= 4 is 11.4 Å². The summed E-state index contributed by atoms with van der Waals surface area (Å²) in [5, 5.41) is 0. The van der Waals surface area contributed by atoms with Crippen molar-refractivity contribution in [1.82, 2.24) is 0 Å². The summed E-state index contributed by atoms with van der Waals surface area (Å²) in [6.07, 6.45) is 3.14.